The molecule has 27 heavy (non-hydrogen) atoms. The van der Waals surface area contributed by atoms with Gasteiger partial charge in [0.25, 0.3) is 0 Å². The van der Waals surface area contributed by atoms with E-state index in [9.17, 15) is 4.79 Å². The molecule has 0 radical (unpaired) electrons. The predicted molar refractivity (Wildman–Crippen MR) is 103 cm³/mol. The summed E-state index contributed by atoms with van der Waals surface area (Å²) in [7, 11) is 0. The number of hydrogen-bond donors (Lipinski definition) is 1. The summed E-state index contributed by atoms with van der Waals surface area (Å²) < 4.78 is 11.4. The molecule has 1 fully saturated rings. The number of likely N-dealkylation sites (tertiary alicyclic amines) is 1. The number of nitrogens with zero attached hydrogens (tertiary/aromatic N) is 3. The molecular formula is C20H26N4O3. The number of carbonyl (C=O) groups is 1. The summed E-state index contributed by atoms with van der Waals surface area (Å²) in [4.78, 5) is 22.4. The molecule has 144 valence electrons. The highest BCUT2D eigenvalue weighted by Crippen LogP contribution is 2.19. The Kier molecular flexibility index (Phi) is 6.84. The Morgan fingerprint density at radius 1 is 1.19 bits per heavy atom. The summed E-state index contributed by atoms with van der Waals surface area (Å²) in [5, 5.41) is 2.94. The monoisotopic (exact) mass is 370 g/mol. The van der Waals surface area contributed by atoms with Crippen LogP contribution < -0.4 is 14.8 Å². The second kappa shape index (κ2) is 9.75. The van der Waals surface area contributed by atoms with Gasteiger partial charge in [0.2, 0.25) is 0 Å². The third kappa shape index (κ3) is 5.84. The molecule has 0 saturated carbocycles. The molecule has 2 aromatic rings. The van der Waals surface area contributed by atoms with Crippen molar-refractivity contribution < 1.29 is 14.3 Å². The number of amides is 2. The van der Waals surface area contributed by atoms with Gasteiger partial charge in [-0.25, -0.2) is 14.8 Å². The van der Waals surface area contributed by atoms with E-state index >= 15 is 0 Å². The fraction of sp³-hybridized carbons (Fsp3) is 0.450. The zero-order chi connectivity index (χ0) is 18.9. The molecule has 2 heterocycles. The summed E-state index contributed by atoms with van der Waals surface area (Å²) in [5.41, 5.74) is 0.763. The van der Waals surface area contributed by atoms with Gasteiger partial charge in [-0.05, 0) is 36.8 Å². The van der Waals surface area contributed by atoms with Crippen molar-refractivity contribution in [3.63, 3.8) is 0 Å². The first-order chi connectivity index (χ1) is 13.2. The minimum Gasteiger partial charge on any atom is -0.494 e. The van der Waals surface area contributed by atoms with E-state index in [2.05, 4.69) is 22.2 Å². The second-order valence-corrected chi connectivity index (χ2v) is 6.49. The number of ether oxygens (including phenoxy) is 2. The SMILES string of the molecule is CCCCOc1ccc(NC(=O)N2CCC(Oc3ncccn3)CC2)cc1. The van der Waals surface area contributed by atoms with E-state index < -0.39 is 0 Å². The zero-order valence-electron chi connectivity index (χ0n) is 15.6. The molecule has 1 saturated heterocycles. The number of carbonyl (C=O) groups excluding carboxylic acids is 1. The van der Waals surface area contributed by atoms with Crippen LogP contribution in [0.15, 0.2) is 42.7 Å². The summed E-state index contributed by atoms with van der Waals surface area (Å²) in [6.07, 6.45) is 7.01. The van der Waals surface area contributed by atoms with Crippen molar-refractivity contribution in [2.75, 3.05) is 25.0 Å². The number of aromatic nitrogens is 2. The summed E-state index contributed by atoms with van der Waals surface area (Å²) in [5.74, 6) is 0.822. The van der Waals surface area contributed by atoms with Crippen molar-refractivity contribution in [3.05, 3.63) is 42.7 Å². The van der Waals surface area contributed by atoms with Gasteiger partial charge < -0.3 is 19.7 Å². The van der Waals surface area contributed by atoms with Crippen molar-refractivity contribution in [1.29, 1.82) is 0 Å². The van der Waals surface area contributed by atoms with Gasteiger partial charge in [0, 0.05) is 44.0 Å². The van der Waals surface area contributed by atoms with E-state index in [0.717, 1.165) is 37.1 Å². The summed E-state index contributed by atoms with van der Waals surface area (Å²) >= 11 is 0. The Labute approximate surface area is 159 Å². The smallest absolute Gasteiger partial charge is 0.321 e. The number of anilines is 1. The third-order valence-electron chi connectivity index (χ3n) is 4.42. The molecule has 1 N–H and O–H groups in total. The van der Waals surface area contributed by atoms with Crippen LogP contribution >= 0.6 is 0 Å². The molecule has 3 rings (SSSR count). The molecule has 1 aliphatic rings. The molecule has 1 aromatic carbocycles. The first-order valence-corrected chi connectivity index (χ1v) is 9.47. The molecule has 0 unspecified atom stereocenters. The number of benzene rings is 1. The first kappa shape index (κ1) is 18.9. The average Bonchev–Trinajstić information content (AvgIpc) is 2.71. The Morgan fingerprint density at radius 2 is 1.89 bits per heavy atom. The molecule has 7 heteroatoms. The highest BCUT2D eigenvalue weighted by molar-refractivity contribution is 5.89. The maximum Gasteiger partial charge on any atom is 0.321 e. The van der Waals surface area contributed by atoms with Crippen LogP contribution in [0, 0.1) is 0 Å². The van der Waals surface area contributed by atoms with Crippen LogP contribution in [0.1, 0.15) is 32.6 Å². The summed E-state index contributed by atoms with van der Waals surface area (Å²) in [6, 6.07) is 9.54. The quantitative estimate of drug-likeness (QED) is 0.752. The van der Waals surface area contributed by atoms with Gasteiger partial charge in [0.05, 0.1) is 6.61 Å². The summed E-state index contributed by atoms with van der Waals surface area (Å²) in [6.45, 7) is 4.13. The number of nitrogens with one attached hydrogen (secondary N) is 1. The lowest BCUT2D eigenvalue weighted by Gasteiger charge is -2.31. The molecule has 0 bridgehead atoms. The van der Waals surface area contributed by atoms with Gasteiger partial charge >= 0.3 is 12.0 Å². The largest absolute Gasteiger partial charge is 0.494 e. The minimum absolute atomic E-state index is 0.0380. The lowest BCUT2D eigenvalue weighted by atomic mass is 10.1. The first-order valence-electron chi connectivity index (χ1n) is 9.47. The van der Waals surface area contributed by atoms with Gasteiger partial charge in [-0.2, -0.15) is 0 Å². The number of rotatable bonds is 7. The standard InChI is InChI=1S/C20H26N4O3/c1-2-3-15-26-17-7-5-16(6-8-17)23-20(25)24-13-9-18(10-14-24)27-19-21-11-4-12-22-19/h4-8,11-12,18H,2-3,9-10,13-15H2,1H3,(H,23,25). The Morgan fingerprint density at radius 3 is 2.56 bits per heavy atom. The highest BCUT2D eigenvalue weighted by atomic mass is 16.5. The minimum atomic E-state index is -0.0935. The van der Waals surface area contributed by atoms with Gasteiger partial charge in [-0.1, -0.05) is 13.3 Å². The van der Waals surface area contributed by atoms with Crippen LogP contribution in [0.3, 0.4) is 0 Å². The van der Waals surface area contributed by atoms with E-state index in [-0.39, 0.29) is 12.1 Å². The van der Waals surface area contributed by atoms with Gasteiger partial charge in [0.1, 0.15) is 11.9 Å². The zero-order valence-corrected chi connectivity index (χ0v) is 15.6. The average molecular weight is 370 g/mol. The number of piperidine rings is 1. The van der Waals surface area contributed by atoms with E-state index in [0.29, 0.717) is 25.7 Å². The molecule has 0 atom stereocenters. The van der Waals surface area contributed by atoms with Gasteiger partial charge in [0.15, 0.2) is 0 Å². The van der Waals surface area contributed by atoms with Crippen molar-refractivity contribution in [2.45, 2.75) is 38.7 Å². The fourth-order valence-corrected chi connectivity index (χ4v) is 2.84. The molecule has 7 nitrogen and oxygen atoms in total. The maximum atomic E-state index is 12.4. The predicted octanol–water partition coefficient (Wildman–Crippen LogP) is 3.73. The molecule has 0 spiro atoms. The van der Waals surface area contributed by atoms with E-state index in [1.807, 2.05) is 24.3 Å². The Hall–Kier alpha value is -2.83. The highest BCUT2D eigenvalue weighted by Gasteiger charge is 2.24. The van der Waals surface area contributed by atoms with Crippen LogP contribution in [-0.4, -0.2) is 46.7 Å². The van der Waals surface area contributed by atoms with Crippen molar-refractivity contribution in [1.82, 2.24) is 14.9 Å². The number of unbranched alkanes of at least 4 members (excludes halogenated alkanes) is 1. The topological polar surface area (TPSA) is 76.6 Å². The van der Waals surface area contributed by atoms with Crippen LogP contribution in [0.2, 0.25) is 0 Å². The van der Waals surface area contributed by atoms with Gasteiger partial charge in [-0.3, -0.25) is 0 Å². The number of hydrogen-bond acceptors (Lipinski definition) is 5. The van der Waals surface area contributed by atoms with Crippen LogP contribution in [-0.2, 0) is 0 Å². The van der Waals surface area contributed by atoms with E-state index in [1.165, 1.54) is 0 Å². The fourth-order valence-electron chi connectivity index (χ4n) is 2.84. The van der Waals surface area contributed by atoms with Crippen molar-refractivity contribution >= 4 is 11.7 Å². The van der Waals surface area contributed by atoms with Crippen LogP contribution in [0.4, 0.5) is 10.5 Å². The van der Waals surface area contributed by atoms with E-state index in [1.54, 1.807) is 23.4 Å². The molecular weight excluding hydrogens is 344 g/mol. The Balaban J connectivity index is 1.42. The molecule has 1 aromatic heterocycles. The third-order valence-corrected chi connectivity index (χ3v) is 4.42. The molecule has 1 aliphatic heterocycles. The molecule has 2 amide bonds. The van der Waals surface area contributed by atoms with Crippen molar-refractivity contribution in [3.8, 4) is 11.8 Å². The normalized spacial score (nSPS) is 14.6. The lowest BCUT2D eigenvalue weighted by molar-refractivity contribution is 0.107. The van der Waals surface area contributed by atoms with Crippen LogP contribution in [0.5, 0.6) is 11.8 Å². The van der Waals surface area contributed by atoms with Crippen molar-refractivity contribution in [2.24, 2.45) is 0 Å². The lowest BCUT2D eigenvalue weighted by Crippen LogP contribution is -2.43. The Bertz CT molecular complexity index is 701. The number of urea groups is 1. The molecule has 0 aliphatic carbocycles. The van der Waals surface area contributed by atoms with E-state index in [4.69, 9.17) is 9.47 Å². The van der Waals surface area contributed by atoms with Gasteiger partial charge in [-0.15, -0.1) is 0 Å². The maximum absolute atomic E-state index is 12.4. The van der Waals surface area contributed by atoms with Crippen LogP contribution in [0.25, 0.3) is 0 Å². The second-order valence-electron chi connectivity index (χ2n) is 6.49.